The van der Waals surface area contributed by atoms with E-state index in [4.69, 9.17) is 17.3 Å². The van der Waals surface area contributed by atoms with Crippen molar-refractivity contribution in [2.75, 3.05) is 18.8 Å². The Morgan fingerprint density at radius 1 is 1.19 bits per heavy atom. The first kappa shape index (κ1) is 13.3. The van der Waals surface area contributed by atoms with Gasteiger partial charge in [-0.2, -0.15) is 0 Å². The van der Waals surface area contributed by atoms with E-state index in [1.165, 1.54) is 18.4 Å². The number of hydrogen-bond donors (Lipinski definition) is 1. The molecule has 16 heavy (non-hydrogen) atoms. The Labute approximate surface area is 103 Å². The van der Waals surface area contributed by atoms with Crippen LogP contribution >= 0.6 is 11.6 Å². The van der Waals surface area contributed by atoms with Crippen molar-refractivity contribution in [1.82, 2.24) is 4.90 Å². The SMILES string of the molecule is CCCN(CCC)Cc1ccc(Cl)cc1N. The molecule has 1 aromatic rings. The van der Waals surface area contributed by atoms with Crippen LogP contribution in [-0.2, 0) is 6.54 Å². The third-order valence-electron chi connectivity index (χ3n) is 2.58. The second-order valence-corrected chi connectivity index (χ2v) is 4.56. The molecule has 1 rings (SSSR count). The maximum atomic E-state index is 5.95. The summed E-state index contributed by atoms with van der Waals surface area (Å²) in [7, 11) is 0. The largest absolute Gasteiger partial charge is 0.398 e. The van der Waals surface area contributed by atoms with Crippen molar-refractivity contribution in [3.63, 3.8) is 0 Å². The van der Waals surface area contributed by atoms with Crippen LogP contribution < -0.4 is 5.73 Å². The molecule has 0 aliphatic heterocycles. The van der Waals surface area contributed by atoms with Crippen molar-refractivity contribution in [1.29, 1.82) is 0 Å². The summed E-state index contributed by atoms with van der Waals surface area (Å²) in [5.74, 6) is 0. The van der Waals surface area contributed by atoms with E-state index in [1.54, 1.807) is 0 Å². The van der Waals surface area contributed by atoms with Crippen LogP contribution in [0.15, 0.2) is 18.2 Å². The lowest BCUT2D eigenvalue weighted by molar-refractivity contribution is 0.267. The van der Waals surface area contributed by atoms with Crippen LogP contribution in [0.25, 0.3) is 0 Å². The van der Waals surface area contributed by atoms with E-state index in [0.29, 0.717) is 5.02 Å². The molecule has 0 amide bonds. The minimum absolute atomic E-state index is 0.707. The molecule has 0 aliphatic rings. The van der Waals surface area contributed by atoms with Gasteiger partial charge in [-0.15, -0.1) is 0 Å². The minimum atomic E-state index is 0.707. The summed E-state index contributed by atoms with van der Waals surface area (Å²) in [6, 6.07) is 5.76. The number of nitrogen functional groups attached to an aromatic ring is 1. The standard InChI is InChI=1S/C13H21ClN2/c1-3-7-16(8-4-2)10-11-5-6-12(14)9-13(11)15/h5-6,9H,3-4,7-8,10,15H2,1-2H3. The number of rotatable bonds is 6. The molecule has 0 atom stereocenters. The molecule has 0 spiro atoms. The predicted molar refractivity (Wildman–Crippen MR) is 71.7 cm³/mol. The Balaban J connectivity index is 2.68. The smallest absolute Gasteiger partial charge is 0.0426 e. The first-order valence-electron chi connectivity index (χ1n) is 5.93. The van der Waals surface area contributed by atoms with E-state index >= 15 is 0 Å². The summed E-state index contributed by atoms with van der Waals surface area (Å²) >= 11 is 5.88. The molecule has 0 saturated heterocycles. The second-order valence-electron chi connectivity index (χ2n) is 4.12. The van der Waals surface area contributed by atoms with Crippen LogP contribution in [0.3, 0.4) is 0 Å². The predicted octanol–water partition coefficient (Wildman–Crippen LogP) is 3.54. The fourth-order valence-electron chi connectivity index (χ4n) is 1.85. The zero-order valence-electron chi connectivity index (χ0n) is 10.2. The zero-order valence-corrected chi connectivity index (χ0v) is 10.9. The van der Waals surface area contributed by atoms with Crippen molar-refractivity contribution >= 4 is 17.3 Å². The number of nitrogens with two attached hydrogens (primary N) is 1. The van der Waals surface area contributed by atoms with E-state index < -0.39 is 0 Å². The molecule has 2 nitrogen and oxygen atoms in total. The van der Waals surface area contributed by atoms with Crippen molar-refractivity contribution in [2.45, 2.75) is 33.2 Å². The topological polar surface area (TPSA) is 29.3 Å². The molecule has 1 aromatic carbocycles. The van der Waals surface area contributed by atoms with E-state index in [9.17, 15) is 0 Å². The lowest BCUT2D eigenvalue weighted by atomic mass is 10.1. The van der Waals surface area contributed by atoms with Gasteiger partial charge in [0.2, 0.25) is 0 Å². The van der Waals surface area contributed by atoms with E-state index in [0.717, 1.165) is 25.3 Å². The van der Waals surface area contributed by atoms with Gasteiger partial charge in [-0.1, -0.05) is 31.5 Å². The van der Waals surface area contributed by atoms with Crippen molar-refractivity contribution in [3.8, 4) is 0 Å². The van der Waals surface area contributed by atoms with Crippen molar-refractivity contribution in [2.24, 2.45) is 0 Å². The van der Waals surface area contributed by atoms with Crippen LogP contribution in [0.2, 0.25) is 5.02 Å². The average Bonchev–Trinajstić information content (AvgIpc) is 2.23. The van der Waals surface area contributed by atoms with Gasteiger partial charge in [-0.3, -0.25) is 4.90 Å². The molecule has 0 aliphatic carbocycles. The third-order valence-corrected chi connectivity index (χ3v) is 2.82. The number of halogens is 1. The molecule has 3 heteroatoms. The summed E-state index contributed by atoms with van der Waals surface area (Å²) in [4.78, 5) is 2.43. The first-order chi connectivity index (χ1) is 7.67. The number of benzene rings is 1. The van der Waals surface area contributed by atoms with Crippen LogP contribution in [-0.4, -0.2) is 18.0 Å². The van der Waals surface area contributed by atoms with Gasteiger partial charge in [0.25, 0.3) is 0 Å². The van der Waals surface area contributed by atoms with Gasteiger partial charge in [-0.25, -0.2) is 0 Å². The molecular weight excluding hydrogens is 220 g/mol. The molecule has 0 aromatic heterocycles. The van der Waals surface area contributed by atoms with Gasteiger partial charge in [0.05, 0.1) is 0 Å². The molecule has 0 radical (unpaired) electrons. The maximum Gasteiger partial charge on any atom is 0.0426 e. The van der Waals surface area contributed by atoms with Gasteiger partial charge in [-0.05, 0) is 43.6 Å². The first-order valence-corrected chi connectivity index (χ1v) is 6.31. The molecule has 0 bridgehead atoms. The molecule has 0 fully saturated rings. The summed E-state index contributed by atoms with van der Waals surface area (Å²) in [6.45, 7) is 7.57. The summed E-state index contributed by atoms with van der Waals surface area (Å²) in [6.07, 6.45) is 2.35. The molecular formula is C13H21ClN2. The molecule has 90 valence electrons. The second kappa shape index (κ2) is 6.77. The highest BCUT2D eigenvalue weighted by atomic mass is 35.5. The fourth-order valence-corrected chi connectivity index (χ4v) is 2.03. The maximum absolute atomic E-state index is 5.95. The summed E-state index contributed by atoms with van der Waals surface area (Å²) in [5, 5.41) is 0.707. The Bertz CT molecular complexity index is 320. The van der Waals surface area contributed by atoms with E-state index in [1.807, 2.05) is 18.2 Å². The van der Waals surface area contributed by atoms with Crippen molar-refractivity contribution < 1.29 is 0 Å². The molecule has 2 N–H and O–H groups in total. The van der Waals surface area contributed by atoms with Gasteiger partial charge in [0, 0.05) is 17.3 Å². The van der Waals surface area contributed by atoms with E-state index in [2.05, 4.69) is 18.7 Å². The Morgan fingerprint density at radius 3 is 2.31 bits per heavy atom. The normalized spacial score (nSPS) is 11.0. The van der Waals surface area contributed by atoms with Crippen LogP contribution in [0.4, 0.5) is 5.69 Å². The highest BCUT2D eigenvalue weighted by molar-refractivity contribution is 6.30. The molecule has 0 saturated carbocycles. The highest BCUT2D eigenvalue weighted by Gasteiger charge is 2.06. The Kier molecular flexibility index (Phi) is 5.64. The quantitative estimate of drug-likeness (QED) is 0.771. The lowest BCUT2D eigenvalue weighted by Crippen LogP contribution is -2.25. The summed E-state index contributed by atoms with van der Waals surface area (Å²) < 4.78 is 0. The number of anilines is 1. The number of hydrogen-bond acceptors (Lipinski definition) is 2. The van der Waals surface area contributed by atoms with Gasteiger partial charge in [0.1, 0.15) is 0 Å². The van der Waals surface area contributed by atoms with E-state index in [-0.39, 0.29) is 0 Å². The zero-order chi connectivity index (χ0) is 12.0. The minimum Gasteiger partial charge on any atom is -0.398 e. The van der Waals surface area contributed by atoms with Crippen LogP contribution in [0.1, 0.15) is 32.3 Å². The number of nitrogens with zero attached hydrogens (tertiary/aromatic N) is 1. The highest BCUT2D eigenvalue weighted by Crippen LogP contribution is 2.19. The van der Waals surface area contributed by atoms with Gasteiger partial charge in [0.15, 0.2) is 0 Å². The monoisotopic (exact) mass is 240 g/mol. The molecule has 0 unspecified atom stereocenters. The van der Waals surface area contributed by atoms with Crippen molar-refractivity contribution in [3.05, 3.63) is 28.8 Å². The third kappa shape index (κ3) is 4.03. The van der Waals surface area contributed by atoms with Gasteiger partial charge >= 0.3 is 0 Å². The lowest BCUT2D eigenvalue weighted by Gasteiger charge is -2.21. The average molecular weight is 241 g/mol. The summed E-state index contributed by atoms with van der Waals surface area (Å²) in [5.41, 5.74) is 7.92. The Hall–Kier alpha value is -0.730. The fraction of sp³-hybridized carbons (Fsp3) is 0.538. The van der Waals surface area contributed by atoms with Gasteiger partial charge < -0.3 is 5.73 Å². The Morgan fingerprint density at radius 2 is 1.81 bits per heavy atom. The van der Waals surface area contributed by atoms with Crippen LogP contribution in [0.5, 0.6) is 0 Å². The van der Waals surface area contributed by atoms with Crippen LogP contribution in [0, 0.1) is 0 Å². The molecule has 0 heterocycles.